The van der Waals surface area contributed by atoms with Crippen molar-refractivity contribution >= 4 is 11.6 Å². The van der Waals surface area contributed by atoms with Crippen molar-refractivity contribution in [3.05, 3.63) is 70.3 Å². The smallest absolute Gasteiger partial charge is 0.257 e. The molecule has 2 rings (SSSR count). The highest BCUT2D eigenvalue weighted by Crippen LogP contribution is 2.17. The molecule has 0 saturated heterocycles. The Labute approximate surface area is 148 Å². The zero-order valence-corrected chi connectivity index (χ0v) is 15.4. The molecule has 0 aliphatic heterocycles. The summed E-state index contributed by atoms with van der Waals surface area (Å²) >= 11 is 0. The molecule has 0 atom stereocenters. The van der Waals surface area contributed by atoms with Gasteiger partial charge in [0.25, 0.3) is 5.90 Å². The van der Waals surface area contributed by atoms with Gasteiger partial charge < -0.3 is 14.4 Å². The van der Waals surface area contributed by atoms with Crippen LogP contribution < -0.4 is 0 Å². The first-order valence-corrected chi connectivity index (χ1v) is 8.04. The average Bonchev–Trinajstić information content (AvgIpc) is 2.60. The van der Waals surface area contributed by atoms with Gasteiger partial charge in [0.1, 0.15) is 13.7 Å². The fourth-order valence-electron chi connectivity index (χ4n) is 2.56. The number of hydrogen-bond acceptors (Lipinski definition) is 5. The Bertz CT molecular complexity index is 782. The molecule has 0 heterocycles. The molecule has 0 aliphatic carbocycles. The number of ether oxygens (including phenoxy) is 1. The van der Waals surface area contributed by atoms with Crippen LogP contribution in [-0.4, -0.2) is 25.8 Å². The molecule has 0 fully saturated rings. The lowest BCUT2D eigenvalue weighted by atomic mass is 10.00. The second kappa shape index (κ2) is 8.87. The molecule has 0 saturated carbocycles. The molecule has 0 amide bonds. The molecule has 0 spiro atoms. The van der Waals surface area contributed by atoms with Crippen LogP contribution in [0.2, 0.25) is 0 Å². The molecule has 0 N–H and O–H groups in total. The zero-order valence-electron chi connectivity index (χ0n) is 15.4. The Hall–Kier alpha value is -2.82. The number of rotatable bonds is 6. The Morgan fingerprint density at radius 2 is 1.76 bits per heavy atom. The van der Waals surface area contributed by atoms with Crippen molar-refractivity contribution in [2.24, 2.45) is 10.3 Å². The summed E-state index contributed by atoms with van der Waals surface area (Å²) in [6, 6.07) is 13.9. The predicted molar refractivity (Wildman–Crippen MR) is 99.9 cm³/mol. The first-order chi connectivity index (χ1) is 12.1. The van der Waals surface area contributed by atoms with E-state index in [0.29, 0.717) is 12.5 Å². The largest absolute Gasteiger partial charge is 0.479 e. The molecule has 0 bridgehead atoms. The van der Waals surface area contributed by atoms with E-state index < -0.39 is 0 Å². The van der Waals surface area contributed by atoms with Crippen molar-refractivity contribution < 1.29 is 14.4 Å². The van der Waals surface area contributed by atoms with E-state index in [1.165, 1.54) is 7.11 Å². The minimum Gasteiger partial charge on any atom is -0.479 e. The molecular formula is C20H24N2O3. The van der Waals surface area contributed by atoms with Crippen molar-refractivity contribution in [2.75, 3.05) is 14.2 Å². The fraction of sp³-hybridized carbons (Fsp3) is 0.300. The van der Waals surface area contributed by atoms with Crippen LogP contribution in [0.5, 0.6) is 0 Å². The van der Waals surface area contributed by atoms with E-state index in [0.717, 1.165) is 33.5 Å². The first-order valence-electron chi connectivity index (χ1n) is 8.04. The second-order valence-electron chi connectivity index (χ2n) is 5.70. The number of benzene rings is 2. The lowest BCUT2D eigenvalue weighted by Crippen LogP contribution is -2.07. The second-order valence-corrected chi connectivity index (χ2v) is 5.70. The van der Waals surface area contributed by atoms with Gasteiger partial charge in [-0.2, -0.15) is 0 Å². The Morgan fingerprint density at radius 1 is 1.00 bits per heavy atom. The van der Waals surface area contributed by atoms with Crippen molar-refractivity contribution in [3.8, 4) is 0 Å². The molecule has 0 radical (unpaired) electrons. The Kier molecular flexibility index (Phi) is 6.57. The van der Waals surface area contributed by atoms with E-state index >= 15 is 0 Å². The third kappa shape index (κ3) is 4.83. The molecule has 132 valence electrons. The lowest BCUT2D eigenvalue weighted by Gasteiger charge is -2.12. The zero-order chi connectivity index (χ0) is 18.2. The van der Waals surface area contributed by atoms with Crippen LogP contribution in [0.25, 0.3) is 0 Å². The molecule has 0 unspecified atom stereocenters. The van der Waals surface area contributed by atoms with Gasteiger partial charge in [0.05, 0.1) is 12.8 Å². The summed E-state index contributed by atoms with van der Waals surface area (Å²) in [5.74, 6) is 0.445. The summed E-state index contributed by atoms with van der Waals surface area (Å²) in [5.41, 5.74) is 5.91. The van der Waals surface area contributed by atoms with E-state index in [9.17, 15) is 0 Å². The van der Waals surface area contributed by atoms with Crippen molar-refractivity contribution in [3.63, 3.8) is 0 Å². The molecule has 25 heavy (non-hydrogen) atoms. The highest BCUT2D eigenvalue weighted by Gasteiger charge is 2.10. The van der Waals surface area contributed by atoms with Gasteiger partial charge in [-0.15, -0.1) is 0 Å². The summed E-state index contributed by atoms with van der Waals surface area (Å²) in [6.07, 6.45) is 0. The van der Waals surface area contributed by atoms with Crippen LogP contribution >= 0.6 is 0 Å². The van der Waals surface area contributed by atoms with Gasteiger partial charge in [-0.1, -0.05) is 41.1 Å². The Morgan fingerprint density at radius 3 is 2.44 bits per heavy atom. The molecule has 0 aromatic heterocycles. The van der Waals surface area contributed by atoms with Gasteiger partial charge in [0.15, 0.2) is 0 Å². The summed E-state index contributed by atoms with van der Waals surface area (Å²) in [4.78, 5) is 10.5. The van der Waals surface area contributed by atoms with E-state index in [-0.39, 0.29) is 0 Å². The topological polar surface area (TPSA) is 52.4 Å². The van der Waals surface area contributed by atoms with Crippen LogP contribution in [0, 0.1) is 13.8 Å². The molecule has 5 nitrogen and oxygen atoms in total. The van der Waals surface area contributed by atoms with E-state index in [2.05, 4.69) is 10.3 Å². The fourth-order valence-corrected chi connectivity index (χ4v) is 2.56. The van der Waals surface area contributed by atoms with Crippen molar-refractivity contribution in [1.29, 1.82) is 0 Å². The van der Waals surface area contributed by atoms with Gasteiger partial charge in [-0.05, 0) is 43.6 Å². The van der Waals surface area contributed by atoms with Gasteiger partial charge in [-0.25, -0.2) is 0 Å². The van der Waals surface area contributed by atoms with Crippen LogP contribution in [-0.2, 0) is 21.0 Å². The summed E-state index contributed by atoms with van der Waals surface area (Å²) in [5, 5.41) is 8.17. The number of hydrogen-bond donors (Lipinski definition) is 0. The maximum Gasteiger partial charge on any atom is 0.257 e. The summed E-state index contributed by atoms with van der Waals surface area (Å²) in [7, 11) is 3.12. The minimum absolute atomic E-state index is 0.317. The van der Waals surface area contributed by atoms with Gasteiger partial charge in [0.2, 0.25) is 0 Å². The van der Waals surface area contributed by atoms with Gasteiger partial charge >= 0.3 is 0 Å². The van der Waals surface area contributed by atoms with Crippen molar-refractivity contribution in [2.45, 2.75) is 27.4 Å². The number of methoxy groups -OCH3 is 1. The monoisotopic (exact) mass is 340 g/mol. The van der Waals surface area contributed by atoms with Crippen LogP contribution in [0.1, 0.15) is 34.7 Å². The molecule has 5 heteroatoms. The average molecular weight is 340 g/mol. The number of oxime groups is 2. The SMILES string of the molecule is CO/N=C(/C)c1cccc(C)c1CO/N=C(\OC)c1cccc(C)c1. The quantitative estimate of drug-likeness (QED) is 0.450. The predicted octanol–water partition coefficient (Wildman–Crippen LogP) is 4.20. The van der Waals surface area contributed by atoms with Crippen molar-refractivity contribution in [1.82, 2.24) is 0 Å². The lowest BCUT2D eigenvalue weighted by molar-refractivity contribution is 0.122. The first kappa shape index (κ1) is 18.5. The molecular weight excluding hydrogens is 316 g/mol. The van der Waals surface area contributed by atoms with Gasteiger partial charge in [0, 0.05) is 16.7 Å². The summed E-state index contributed by atoms with van der Waals surface area (Å²) < 4.78 is 5.36. The maximum absolute atomic E-state index is 5.58. The van der Waals surface area contributed by atoms with E-state index in [1.807, 2.05) is 63.2 Å². The van der Waals surface area contributed by atoms with Crippen LogP contribution in [0.4, 0.5) is 0 Å². The Balaban J connectivity index is 2.22. The third-order valence-electron chi connectivity index (χ3n) is 3.84. The highest BCUT2D eigenvalue weighted by molar-refractivity contribution is 6.00. The molecule has 0 aliphatic rings. The summed E-state index contributed by atoms with van der Waals surface area (Å²) in [6.45, 7) is 6.27. The van der Waals surface area contributed by atoms with E-state index in [1.54, 1.807) is 7.11 Å². The normalized spacial score (nSPS) is 12.0. The highest BCUT2D eigenvalue weighted by atomic mass is 16.6. The number of aryl methyl sites for hydroxylation is 2. The number of nitrogens with zero attached hydrogens (tertiary/aromatic N) is 2. The van der Waals surface area contributed by atoms with Crippen LogP contribution in [0.3, 0.4) is 0 Å². The van der Waals surface area contributed by atoms with E-state index in [4.69, 9.17) is 14.4 Å². The maximum atomic E-state index is 5.58. The minimum atomic E-state index is 0.317. The third-order valence-corrected chi connectivity index (χ3v) is 3.84. The molecule has 2 aromatic carbocycles. The molecule has 2 aromatic rings. The standard InChI is InChI=1S/C20H24N2O3/c1-14-8-6-10-17(12-14)20(23-4)22-25-13-19-15(2)9-7-11-18(19)16(3)21-24-5/h6-12H,13H2,1-5H3/b21-16-,22-20-. The van der Waals surface area contributed by atoms with Crippen LogP contribution in [0.15, 0.2) is 52.8 Å². The van der Waals surface area contributed by atoms with Gasteiger partial charge in [-0.3, -0.25) is 0 Å².